The average Bonchev–Trinajstić information content (AvgIpc) is 3.29. The van der Waals surface area contributed by atoms with Crippen LogP contribution in [0.2, 0.25) is 0 Å². The van der Waals surface area contributed by atoms with Gasteiger partial charge in [0.05, 0.1) is 40.8 Å². The predicted octanol–water partition coefficient (Wildman–Crippen LogP) is 4.50. The summed E-state index contributed by atoms with van der Waals surface area (Å²) >= 11 is 1.26. The third kappa shape index (κ3) is 4.65. The minimum Gasteiger partial charge on any atom is -0.495 e. The van der Waals surface area contributed by atoms with Gasteiger partial charge >= 0.3 is 0 Å². The van der Waals surface area contributed by atoms with Crippen molar-refractivity contribution >= 4 is 50.3 Å². The second-order valence-corrected chi connectivity index (χ2v) is 9.67. The van der Waals surface area contributed by atoms with Crippen LogP contribution in [-0.2, 0) is 0 Å². The Balaban J connectivity index is 1.40. The highest BCUT2D eigenvalue weighted by atomic mass is 32.1. The molecule has 196 valence electrons. The van der Waals surface area contributed by atoms with Crippen molar-refractivity contribution in [2.75, 3.05) is 55.5 Å². The average molecular weight is 535 g/mol. The van der Waals surface area contributed by atoms with Gasteiger partial charge in [-0.2, -0.15) is 0 Å². The molecule has 38 heavy (non-hydrogen) atoms. The molecule has 1 fully saturated rings. The maximum absolute atomic E-state index is 13.3. The molecule has 0 radical (unpaired) electrons. The molecule has 2 aromatic heterocycles. The Morgan fingerprint density at radius 3 is 2.45 bits per heavy atom. The fraction of sp³-hybridized carbons (Fsp3) is 0.269. The fourth-order valence-corrected chi connectivity index (χ4v) is 5.68. The number of carbonyl (C=O) groups excluding carboxylic acids is 1. The lowest BCUT2D eigenvalue weighted by Crippen LogP contribution is -2.47. The minimum atomic E-state index is -0.519. The number of hydrogen-bond donors (Lipinski definition) is 1. The summed E-state index contributed by atoms with van der Waals surface area (Å²) in [5.74, 6) is 1.57. The van der Waals surface area contributed by atoms with E-state index in [-0.39, 0.29) is 11.4 Å². The van der Waals surface area contributed by atoms with Gasteiger partial charge in [-0.25, -0.2) is 9.97 Å². The Bertz CT molecular complexity index is 1520. The van der Waals surface area contributed by atoms with Gasteiger partial charge in [-0.3, -0.25) is 14.9 Å². The van der Waals surface area contributed by atoms with Gasteiger partial charge in [-0.15, -0.1) is 11.3 Å². The number of nitrogens with one attached hydrogen (secondary N) is 1. The van der Waals surface area contributed by atoms with Crippen LogP contribution in [0.25, 0.3) is 10.2 Å². The number of nitrogens with zero attached hydrogens (tertiary/aromatic N) is 5. The van der Waals surface area contributed by atoms with Crippen molar-refractivity contribution in [1.29, 1.82) is 0 Å². The molecule has 12 heteroatoms. The Hall–Kier alpha value is -4.45. The van der Waals surface area contributed by atoms with Crippen LogP contribution in [0, 0.1) is 17.0 Å². The molecule has 0 unspecified atom stereocenters. The van der Waals surface area contributed by atoms with E-state index in [2.05, 4.69) is 31.2 Å². The third-order valence-electron chi connectivity index (χ3n) is 6.56. The summed E-state index contributed by atoms with van der Waals surface area (Å²) in [5, 5.41) is 14.8. The molecule has 2 aromatic carbocycles. The number of amides is 1. The number of methoxy groups -OCH3 is 2. The van der Waals surface area contributed by atoms with E-state index in [0.717, 1.165) is 54.4 Å². The minimum absolute atomic E-state index is 0.144. The third-order valence-corrected chi connectivity index (χ3v) is 7.76. The number of nitro benzene ring substituents is 1. The van der Waals surface area contributed by atoms with E-state index in [0.29, 0.717) is 15.5 Å². The number of ether oxygens (including phenoxy) is 2. The van der Waals surface area contributed by atoms with Gasteiger partial charge < -0.3 is 24.6 Å². The van der Waals surface area contributed by atoms with Crippen molar-refractivity contribution < 1.29 is 19.2 Å². The molecule has 3 heterocycles. The predicted molar refractivity (Wildman–Crippen MR) is 147 cm³/mol. The first kappa shape index (κ1) is 25.2. The molecule has 0 aliphatic carbocycles. The normalized spacial score (nSPS) is 13.4. The molecule has 0 saturated carbocycles. The van der Waals surface area contributed by atoms with E-state index < -0.39 is 10.8 Å². The number of piperazine rings is 1. The Kier molecular flexibility index (Phi) is 6.97. The monoisotopic (exact) mass is 534 g/mol. The van der Waals surface area contributed by atoms with Crippen molar-refractivity contribution in [3.63, 3.8) is 0 Å². The van der Waals surface area contributed by atoms with Crippen molar-refractivity contribution in [2.24, 2.45) is 0 Å². The van der Waals surface area contributed by atoms with Gasteiger partial charge in [0, 0.05) is 38.3 Å². The molecule has 1 aliphatic heterocycles. The number of anilines is 3. The smallest absolute Gasteiger partial charge is 0.271 e. The Morgan fingerprint density at radius 1 is 1.03 bits per heavy atom. The zero-order valence-electron chi connectivity index (χ0n) is 21.1. The van der Waals surface area contributed by atoms with Gasteiger partial charge in [0.1, 0.15) is 28.5 Å². The summed E-state index contributed by atoms with van der Waals surface area (Å²) < 4.78 is 10.8. The number of aryl methyl sites for hydroxylation is 1. The summed E-state index contributed by atoms with van der Waals surface area (Å²) in [5.41, 5.74) is 1.90. The molecule has 4 aromatic rings. The van der Waals surface area contributed by atoms with E-state index in [1.165, 1.54) is 43.0 Å². The lowest BCUT2D eigenvalue weighted by molar-refractivity contribution is -0.384. The molecule has 0 atom stereocenters. The molecule has 5 rings (SSSR count). The zero-order chi connectivity index (χ0) is 26.8. The number of non-ortho nitro benzene ring substituents is 1. The molecule has 0 bridgehead atoms. The lowest BCUT2D eigenvalue weighted by atomic mass is 10.1. The zero-order valence-corrected chi connectivity index (χ0v) is 21.9. The Labute approximate surface area is 222 Å². The molecular weight excluding hydrogens is 508 g/mol. The quantitative estimate of drug-likeness (QED) is 0.270. The van der Waals surface area contributed by atoms with Crippen LogP contribution in [0.5, 0.6) is 11.5 Å². The second-order valence-electron chi connectivity index (χ2n) is 8.68. The summed E-state index contributed by atoms with van der Waals surface area (Å²) in [6, 6.07) is 12.0. The van der Waals surface area contributed by atoms with E-state index in [1.807, 2.05) is 25.1 Å². The van der Waals surface area contributed by atoms with Gasteiger partial charge in [0.25, 0.3) is 11.6 Å². The molecule has 1 N–H and O–H groups in total. The molecule has 1 saturated heterocycles. The highest BCUT2D eigenvalue weighted by Crippen LogP contribution is 2.37. The number of nitro groups is 1. The van der Waals surface area contributed by atoms with Crippen LogP contribution in [0.4, 0.5) is 22.9 Å². The highest BCUT2D eigenvalue weighted by Gasteiger charge is 2.26. The van der Waals surface area contributed by atoms with Crippen molar-refractivity contribution in [2.45, 2.75) is 6.92 Å². The van der Waals surface area contributed by atoms with E-state index in [1.54, 1.807) is 7.11 Å². The second kappa shape index (κ2) is 10.5. The summed E-state index contributed by atoms with van der Waals surface area (Å²) in [6.07, 6.45) is 1.52. The van der Waals surface area contributed by atoms with Crippen LogP contribution >= 0.6 is 11.3 Å². The molecule has 11 nitrogen and oxygen atoms in total. The van der Waals surface area contributed by atoms with Crippen LogP contribution in [0.15, 0.2) is 48.8 Å². The largest absolute Gasteiger partial charge is 0.495 e. The van der Waals surface area contributed by atoms with Gasteiger partial charge in [0.15, 0.2) is 0 Å². The van der Waals surface area contributed by atoms with E-state index in [9.17, 15) is 14.9 Å². The van der Waals surface area contributed by atoms with Gasteiger partial charge in [-0.05, 0) is 30.7 Å². The molecule has 0 spiro atoms. The molecule has 1 amide bonds. The number of thiophene rings is 1. The van der Waals surface area contributed by atoms with Crippen molar-refractivity contribution in [1.82, 2.24) is 9.97 Å². The first-order valence-corrected chi connectivity index (χ1v) is 12.7. The maximum atomic E-state index is 13.3. The van der Waals surface area contributed by atoms with E-state index in [4.69, 9.17) is 9.47 Å². The highest BCUT2D eigenvalue weighted by molar-refractivity contribution is 7.20. The van der Waals surface area contributed by atoms with Gasteiger partial charge in [-0.1, -0.05) is 12.1 Å². The van der Waals surface area contributed by atoms with Crippen molar-refractivity contribution in [3.05, 3.63) is 69.3 Å². The number of benzene rings is 2. The number of hydrogen-bond acceptors (Lipinski definition) is 10. The maximum Gasteiger partial charge on any atom is 0.271 e. The lowest BCUT2D eigenvalue weighted by Gasteiger charge is -2.37. The number of rotatable bonds is 7. The van der Waals surface area contributed by atoms with Crippen LogP contribution in [-0.4, -0.2) is 61.2 Å². The summed E-state index contributed by atoms with van der Waals surface area (Å²) in [4.78, 5) is 38.7. The van der Waals surface area contributed by atoms with Gasteiger partial charge in [0.2, 0.25) is 0 Å². The number of carbonyl (C=O) groups is 1. The molecule has 1 aliphatic rings. The first-order chi connectivity index (χ1) is 18.4. The van der Waals surface area contributed by atoms with Crippen molar-refractivity contribution in [3.8, 4) is 11.5 Å². The topological polar surface area (TPSA) is 123 Å². The van der Waals surface area contributed by atoms with E-state index >= 15 is 0 Å². The standard InChI is InChI=1S/C26H26N6O5S/c1-16-22-24(31-12-10-30(11-13-31)19-6-4-5-7-21(19)37-3)27-15-28-26(22)38-23(16)25(33)29-18-14-17(32(34)35)8-9-20(18)36-2/h4-9,14-15H,10-13H2,1-3H3,(H,29,33). The van der Waals surface area contributed by atoms with Crippen LogP contribution < -0.4 is 24.6 Å². The van der Waals surface area contributed by atoms with Crippen LogP contribution in [0.3, 0.4) is 0 Å². The first-order valence-electron chi connectivity index (χ1n) is 11.9. The summed E-state index contributed by atoms with van der Waals surface area (Å²) in [6.45, 7) is 4.93. The number of aromatic nitrogens is 2. The van der Waals surface area contributed by atoms with Crippen LogP contribution in [0.1, 0.15) is 15.2 Å². The summed E-state index contributed by atoms with van der Waals surface area (Å²) in [7, 11) is 3.12. The SMILES string of the molecule is COc1ccc([N+](=O)[O-])cc1NC(=O)c1sc2ncnc(N3CCN(c4ccccc4OC)CC3)c2c1C. The number of para-hydroxylation sites is 2. The number of fused-ring (bicyclic) bond motifs is 1. The Morgan fingerprint density at radius 2 is 1.74 bits per heavy atom. The fourth-order valence-electron chi connectivity index (χ4n) is 4.65. The molecular formula is C26H26N6O5S.